The molecule has 1 aromatic carbocycles. The zero-order valence-electron chi connectivity index (χ0n) is 11.3. The Morgan fingerprint density at radius 3 is 2.38 bits per heavy atom. The van der Waals surface area contributed by atoms with E-state index in [1.54, 1.807) is 0 Å². The number of rotatable bonds is 5. The van der Waals surface area contributed by atoms with Gasteiger partial charge in [-0.15, -0.1) is 0 Å². The molecule has 1 heteroatoms. The zero-order valence-corrected chi connectivity index (χ0v) is 11.3. The van der Waals surface area contributed by atoms with Crippen molar-refractivity contribution in [1.82, 2.24) is 0 Å². The summed E-state index contributed by atoms with van der Waals surface area (Å²) >= 11 is 0. The van der Waals surface area contributed by atoms with E-state index in [1.807, 2.05) is 0 Å². The second kappa shape index (κ2) is 5.93. The average Bonchev–Trinajstić information content (AvgIpc) is 2.26. The molecule has 1 nitrogen and oxygen atoms in total. The van der Waals surface area contributed by atoms with Gasteiger partial charge in [0.2, 0.25) is 0 Å². The van der Waals surface area contributed by atoms with Gasteiger partial charge in [-0.1, -0.05) is 45.9 Å². The first-order chi connectivity index (χ1) is 7.60. The van der Waals surface area contributed by atoms with Crippen LogP contribution in [0.2, 0.25) is 0 Å². The van der Waals surface area contributed by atoms with Crippen molar-refractivity contribution in [3.05, 3.63) is 29.3 Å². The summed E-state index contributed by atoms with van der Waals surface area (Å²) in [5, 5.41) is 3.72. The van der Waals surface area contributed by atoms with Gasteiger partial charge in [0.1, 0.15) is 0 Å². The summed E-state index contributed by atoms with van der Waals surface area (Å²) in [4.78, 5) is 0. The molecule has 0 fully saturated rings. The van der Waals surface area contributed by atoms with Crippen LogP contribution >= 0.6 is 0 Å². The monoisotopic (exact) mass is 219 g/mol. The zero-order chi connectivity index (χ0) is 12.1. The fraction of sp³-hybridized carbons (Fsp3) is 0.600. The lowest BCUT2D eigenvalue weighted by molar-refractivity contribution is 0.510. The maximum absolute atomic E-state index is 3.72. The lowest BCUT2D eigenvalue weighted by Gasteiger charge is -2.25. The molecule has 0 heterocycles. The molecule has 1 unspecified atom stereocenters. The summed E-state index contributed by atoms with van der Waals surface area (Å²) in [5.41, 5.74) is 4.14. The van der Waals surface area contributed by atoms with Crippen molar-refractivity contribution in [2.24, 2.45) is 5.92 Å². The lowest BCUT2D eigenvalue weighted by atomic mass is 9.99. The van der Waals surface area contributed by atoms with E-state index in [4.69, 9.17) is 0 Å². The van der Waals surface area contributed by atoms with E-state index < -0.39 is 0 Å². The van der Waals surface area contributed by atoms with Gasteiger partial charge in [-0.3, -0.25) is 0 Å². The van der Waals surface area contributed by atoms with Crippen LogP contribution in [0.25, 0.3) is 0 Å². The lowest BCUT2D eigenvalue weighted by Crippen LogP contribution is -2.25. The van der Waals surface area contributed by atoms with E-state index in [-0.39, 0.29) is 0 Å². The Kier molecular flexibility index (Phi) is 4.85. The number of hydrogen-bond donors (Lipinski definition) is 1. The van der Waals surface area contributed by atoms with Gasteiger partial charge in [0.25, 0.3) is 0 Å². The first kappa shape index (κ1) is 13.1. The summed E-state index contributed by atoms with van der Waals surface area (Å²) in [7, 11) is 0. The molecule has 1 N–H and O–H groups in total. The van der Waals surface area contributed by atoms with Gasteiger partial charge >= 0.3 is 0 Å². The third-order valence-corrected chi connectivity index (χ3v) is 3.31. The Morgan fingerprint density at radius 1 is 1.19 bits per heavy atom. The summed E-state index contributed by atoms with van der Waals surface area (Å²) < 4.78 is 0. The van der Waals surface area contributed by atoms with Crippen LogP contribution in [0.15, 0.2) is 18.2 Å². The van der Waals surface area contributed by atoms with E-state index in [1.165, 1.54) is 23.2 Å². The Hall–Kier alpha value is -0.980. The van der Waals surface area contributed by atoms with Crippen molar-refractivity contribution in [2.45, 2.75) is 53.5 Å². The third kappa shape index (κ3) is 3.01. The number of para-hydroxylation sites is 1. The van der Waals surface area contributed by atoms with Crippen LogP contribution < -0.4 is 5.32 Å². The van der Waals surface area contributed by atoms with Crippen molar-refractivity contribution >= 4 is 5.69 Å². The topological polar surface area (TPSA) is 12.0 Å². The normalized spacial score (nSPS) is 12.9. The highest BCUT2D eigenvalue weighted by atomic mass is 14.9. The van der Waals surface area contributed by atoms with Crippen molar-refractivity contribution in [3.8, 4) is 0 Å². The minimum atomic E-state index is 0.575. The Balaban J connectivity index is 2.94. The smallest absolute Gasteiger partial charge is 0.0404 e. The van der Waals surface area contributed by atoms with Crippen LogP contribution in [0.3, 0.4) is 0 Å². The molecule has 0 saturated heterocycles. The molecule has 0 saturated carbocycles. The van der Waals surface area contributed by atoms with Crippen LogP contribution in [0, 0.1) is 12.8 Å². The van der Waals surface area contributed by atoms with E-state index in [0.717, 1.165) is 6.42 Å². The van der Waals surface area contributed by atoms with Crippen molar-refractivity contribution in [2.75, 3.05) is 5.32 Å². The summed E-state index contributed by atoms with van der Waals surface area (Å²) in [6.45, 7) is 11.2. The first-order valence-electron chi connectivity index (χ1n) is 6.45. The van der Waals surface area contributed by atoms with E-state index in [0.29, 0.717) is 12.0 Å². The van der Waals surface area contributed by atoms with Crippen LogP contribution in [-0.4, -0.2) is 6.04 Å². The minimum Gasteiger partial charge on any atom is -0.382 e. The molecule has 0 amide bonds. The number of anilines is 1. The molecule has 0 bridgehead atoms. The van der Waals surface area contributed by atoms with Gasteiger partial charge in [0.05, 0.1) is 0 Å². The highest BCUT2D eigenvalue weighted by Gasteiger charge is 2.13. The molecule has 0 radical (unpaired) electrons. The van der Waals surface area contributed by atoms with Gasteiger partial charge < -0.3 is 5.32 Å². The fourth-order valence-corrected chi connectivity index (χ4v) is 2.16. The third-order valence-electron chi connectivity index (χ3n) is 3.31. The molecule has 90 valence electrons. The van der Waals surface area contributed by atoms with Crippen LogP contribution in [0.5, 0.6) is 0 Å². The summed E-state index contributed by atoms with van der Waals surface area (Å²) in [6.07, 6.45) is 2.27. The van der Waals surface area contributed by atoms with Gasteiger partial charge in [-0.25, -0.2) is 0 Å². The number of hydrogen-bond acceptors (Lipinski definition) is 1. The number of nitrogens with one attached hydrogen (secondary N) is 1. The molecule has 1 rings (SSSR count). The fourth-order valence-electron chi connectivity index (χ4n) is 2.16. The van der Waals surface area contributed by atoms with Gasteiger partial charge in [-0.2, -0.15) is 0 Å². The number of benzene rings is 1. The maximum atomic E-state index is 3.72. The molecule has 1 atom stereocenters. The van der Waals surface area contributed by atoms with Crippen LogP contribution in [0.1, 0.15) is 45.2 Å². The molecular weight excluding hydrogens is 194 g/mol. The highest BCUT2D eigenvalue weighted by Crippen LogP contribution is 2.24. The van der Waals surface area contributed by atoms with E-state index >= 15 is 0 Å². The van der Waals surface area contributed by atoms with Gasteiger partial charge in [0, 0.05) is 11.7 Å². The minimum absolute atomic E-state index is 0.575. The van der Waals surface area contributed by atoms with Crippen LogP contribution in [-0.2, 0) is 6.42 Å². The highest BCUT2D eigenvalue weighted by molar-refractivity contribution is 5.57. The molecule has 0 aliphatic heterocycles. The standard InChI is InChI=1S/C15H25N/c1-6-13-10-8-9-12(5)15(13)16-14(7-2)11(3)4/h8-11,14,16H,6-7H2,1-5H3. The average molecular weight is 219 g/mol. The molecular formula is C15H25N. The van der Waals surface area contributed by atoms with Crippen LogP contribution in [0.4, 0.5) is 5.69 Å². The largest absolute Gasteiger partial charge is 0.382 e. The molecule has 1 aromatic rings. The Bertz CT molecular complexity index is 328. The molecule has 0 aliphatic carbocycles. The second-order valence-electron chi connectivity index (χ2n) is 4.87. The number of aryl methyl sites for hydroxylation is 2. The maximum Gasteiger partial charge on any atom is 0.0404 e. The van der Waals surface area contributed by atoms with Gasteiger partial charge in [0.15, 0.2) is 0 Å². The van der Waals surface area contributed by atoms with E-state index in [2.05, 4.69) is 58.1 Å². The molecule has 0 spiro atoms. The first-order valence-corrected chi connectivity index (χ1v) is 6.45. The second-order valence-corrected chi connectivity index (χ2v) is 4.87. The SMILES string of the molecule is CCc1cccc(C)c1NC(CC)C(C)C. The summed E-state index contributed by atoms with van der Waals surface area (Å²) in [6, 6.07) is 7.14. The van der Waals surface area contributed by atoms with Gasteiger partial charge in [-0.05, 0) is 36.8 Å². The van der Waals surface area contributed by atoms with Crippen molar-refractivity contribution in [1.29, 1.82) is 0 Å². The molecule has 0 aliphatic rings. The van der Waals surface area contributed by atoms with E-state index in [9.17, 15) is 0 Å². The molecule has 0 aromatic heterocycles. The van der Waals surface area contributed by atoms with Crippen molar-refractivity contribution in [3.63, 3.8) is 0 Å². The quantitative estimate of drug-likeness (QED) is 0.773. The van der Waals surface area contributed by atoms with Crippen molar-refractivity contribution < 1.29 is 0 Å². The molecule has 16 heavy (non-hydrogen) atoms. The predicted octanol–water partition coefficient (Wildman–Crippen LogP) is 4.40. The Morgan fingerprint density at radius 2 is 1.88 bits per heavy atom. The summed E-state index contributed by atoms with van der Waals surface area (Å²) in [5.74, 6) is 0.675. The Labute approximate surface area is 100 Å². The predicted molar refractivity (Wildman–Crippen MR) is 73.1 cm³/mol.